The van der Waals surface area contributed by atoms with Crippen LogP contribution in [0.15, 0.2) is 57.5 Å². The number of nitrogens with zero attached hydrogens (tertiary/aromatic N) is 2. The molecule has 136 valence electrons. The van der Waals surface area contributed by atoms with E-state index in [9.17, 15) is 9.18 Å². The van der Waals surface area contributed by atoms with Crippen LogP contribution in [-0.2, 0) is 5.75 Å². The fraction of sp³-hybridized carbons (Fsp3) is 0.105. The number of carbonyl (C=O) groups excluding carboxylic acids is 1. The second-order valence-electron chi connectivity index (χ2n) is 5.75. The molecule has 0 saturated heterocycles. The molecule has 0 unspecified atom stereocenters. The molecule has 0 saturated carbocycles. The standard InChI is InChI=1S/C19H14FN3O2S2/c1-11-5-4-8-15-17(11)23-19(25-15)27-10-16-21-14(9-26-16)18(24)22-13-7-3-2-6-12(13)20/h2-9H,10H2,1H3,(H,22,24). The van der Waals surface area contributed by atoms with Gasteiger partial charge in [0.05, 0.1) is 11.4 Å². The molecule has 4 aromatic rings. The number of halogens is 1. The van der Waals surface area contributed by atoms with E-state index in [1.807, 2.05) is 25.1 Å². The van der Waals surface area contributed by atoms with E-state index < -0.39 is 11.7 Å². The Balaban J connectivity index is 1.42. The summed E-state index contributed by atoms with van der Waals surface area (Å²) in [5.41, 5.74) is 3.05. The first-order valence-electron chi connectivity index (χ1n) is 8.09. The molecule has 0 fully saturated rings. The topological polar surface area (TPSA) is 68.0 Å². The van der Waals surface area contributed by atoms with Gasteiger partial charge in [-0.2, -0.15) is 0 Å². The molecule has 1 amide bonds. The van der Waals surface area contributed by atoms with Crippen LogP contribution in [0, 0.1) is 12.7 Å². The summed E-state index contributed by atoms with van der Waals surface area (Å²) in [5.74, 6) is -0.392. The highest BCUT2D eigenvalue weighted by Gasteiger charge is 2.14. The number of aryl methyl sites for hydroxylation is 1. The third-order valence-electron chi connectivity index (χ3n) is 3.83. The summed E-state index contributed by atoms with van der Waals surface area (Å²) >= 11 is 2.78. The zero-order valence-electron chi connectivity index (χ0n) is 14.2. The van der Waals surface area contributed by atoms with Crippen molar-refractivity contribution in [2.24, 2.45) is 0 Å². The molecule has 0 atom stereocenters. The van der Waals surface area contributed by atoms with E-state index in [4.69, 9.17) is 4.42 Å². The molecule has 0 spiro atoms. The van der Waals surface area contributed by atoms with Crippen molar-refractivity contribution in [2.75, 3.05) is 5.32 Å². The first-order valence-corrected chi connectivity index (χ1v) is 9.96. The highest BCUT2D eigenvalue weighted by molar-refractivity contribution is 7.98. The van der Waals surface area contributed by atoms with Crippen LogP contribution in [0.4, 0.5) is 10.1 Å². The molecule has 8 heteroatoms. The molecule has 2 aromatic heterocycles. The fourth-order valence-electron chi connectivity index (χ4n) is 2.48. The van der Waals surface area contributed by atoms with Crippen LogP contribution in [0.5, 0.6) is 0 Å². The molecule has 0 aliphatic heterocycles. The van der Waals surface area contributed by atoms with Crippen molar-refractivity contribution >= 4 is 45.8 Å². The van der Waals surface area contributed by atoms with Crippen LogP contribution < -0.4 is 5.32 Å². The number of anilines is 1. The van der Waals surface area contributed by atoms with Gasteiger partial charge in [0.25, 0.3) is 11.1 Å². The van der Waals surface area contributed by atoms with Crippen LogP contribution in [0.25, 0.3) is 11.1 Å². The molecule has 2 aromatic carbocycles. The predicted molar refractivity (Wildman–Crippen MR) is 105 cm³/mol. The molecule has 27 heavy (non-hydrogen) atoms. The molecule has 0 aliphatic rings. The van der Waals surface area contributed by atoms with Crippen molar-refractivity contribution in [3.05, 3.63) is 69.9 Å². The van der Waals surface area contributed by atoms with E-state index >= 15 is 0 Å². The molecule has 0 aliphatic carbocycles. The summed E-state index contributed by atoms with van der Waals surface area (Å²) < 4.78 is 19.4. The number of carbonyl (C=O) groups is 1. The number of thiazole rings is 1. The lowest BCUT2D eigenvalue weighted by atomic mass is 10.2. The molecular weight excluding hydrogens is 385 g/mol. The van der Waals surface area contributed by atoms with Crippen molar-refractivity contribution in [3.63, 3.8) is 0 Å². The molecule has 5 nitrogen and oxygen atoms in total. The maximum absolute atomic E-state index is 13.6. The van der Waals surface area contributed by atoms with Gasteiger partial charge in [0.2, 0.25) is 0 Å². The predicted octanol–water partition coefficient (Wildman–Crippen LogP) is 5.28. The number of hydrogen-bond acceptors (Lipinski definition) is 6. The number of thioether (sulfide) groups is 1. The Hall–Kier alpha value is -2.71. The quantitative estimate of drug-likeness (QED) is 0.463. The van der Waals surface area contributed by atoms with Gasteiger partial charge >= 0.3 is 0 Å². The molecule has 0 bridgehead atoms. The van der Waals surface area contributed by atoms with Crippen LogP contribution in [0.2, 0.25) is 0 Å². The first-order chi connectivity index (χ1) is 13.1. The van der Waals surface area contributed by atoms with Crippen molar-refractivity contribution in [2.45, 2.75) is 17.9 Å². The van der Waals surface area contributed by atoms with Crippen molar-refractivity contribution < 1.29 is 13.6 Å². The number of rotatable bonds is 5. The second-order valence-corrected chi connectivity index (χ2v) is 7.62. The summed E-state index contributed by atoms with van der Waals surface area (Å²) in [6.07, 6.45) is 0. The van der Waals surface area contributed by atoms with E-state index in [-0.39, 0.29) is 11.4 Å². The fourth-order valence-corrected chi connectivity index (χ4v) is 4.10. The Bertz CT molecular complexity index is 1120. The summed E-state index contributed by atoms with van der Waals surface area (Å²) in [7, 11) is 0. The van der Waals surface area contributed by atoms with Gasteiger partial charge in [0.15, 0.2) is 5.58 Å². The van der Waals surface area contributed by atoms with Gasteiger partial charge in [-0.05, 0) is 30.7 Å². The van der Waals surface area contributed by atoms with E-state index in [2.05, 4.69) is 15.3 Å². The van der Waals surface area contributed by atoms with E-state index in [0.29, 0.717) is 11.0 Å². The molecular formula is C19H14FN3O2S2. The SMILES string of the molecule is Cc1cccc2oc(SCc3nc(C(=O)Nc4ccccc4F)cs3)nc12. The number of fused-ring (bicyclic) bond motifs is 1. The number of amides is 1. The average molecular weight is 399 g/mol. The largest absolute Gasteiger partial charge is 0.431 e. The smallest absolute Gasteiger partial charge is 0.275 e. The Labute approximate surface area is 162 Å². The number of nitrogens with one attached hydrogen (secondary N) is 1. The Morgan fingerprint density at radius 3 is 2.89 bits per heavy atom. The zero-order valence-corrected chi connectivity index (χ0v) is 15.9. The van der Waals surface area contributed by atoms with Gasteiger partial charge in [0.1, 0.15) is 22.0 Å². The van der Waals surface area contributed by atoms with E-state index in [0.717, 1.165) is 21.7 Å². The highest BCUT2D eigenvalue weighted by Crippen LogP contribution is 2.28. The maximum Gasteiger partial charge on any atom is 0.275 e. The summed E-state index contributed by atoms with van der Waals surface area (Å²) in [6, 6.07) is 11.8. The number of oxazole rings is 1. The minimum absolute atomic E-state index is 0.133. The Morgan fingerprint density at radius 2 is 2.07 bits per heavy atom. The van der Waals surface area contributed by atoms with Crippen LogP contribution >= 0.6 is 23.1 Å². The van der Waals surface area contributed by atoms with Gasteiger partial charge in [0, 0.05) is 5.38 Å². The minimum Gasteiger partial charge on any atom is -0.431 e. The third-order valence-corrected chi connectivity index (χ3v) is 5.70. The van der Waals surface area contributed by atoms with Crippen LogP contribution in [-0.4, -0.2) is 15.9 Å². The number of aromatic nitrogens is 2. The lowest BCUT2D eigenvalue weighted by Gasteiger charge is -2.03. The Kier molecular flexibility index (Phi) is 4.91. The zero-order chi connectivity index (χ0) is 18.8. The highest BCUT2D eigenvalue weighted by atomic mass is 32.2. The van der Waals surface area contributed by atoms with Gasteiger partial charge < -0.3 is 9.73 Å². The van der Waals surface area contributed by atoms with Crippen molar-refractivity contribution in [1.29, 1.82) is 0 Å². The summed E-state index contributed by atoms with van der Waals surface area (Å²) in [5, 5.41) is 5.51. The second kappa shape index (κ2) is 7.50. The lowest BCUT2D eigenvalue weighted by Crippen LogP contribution is -2.13. The van der Waals surface area contributed by atoms with Gasteiger partial charge in [-0.1, -0.05) is 36.0 Å². The molecule has 4 rings (SSSR count). The summed E-state index contributed by atoms with van der Waals surface area (Å²) in [6.45, 7) is 1.99. The van der Waals surface area contributed by atoms with Crippen molar-refractivity contribution in [3.8, 4) is 0 Å². The maximum atomic E-state index is 13.6. The lowest BCUT2D eigenvalue weighted by molar-refractivity contribution is 0.102. The van der Waals surface area contributed by atoms with Crippen LogP contribution in [0.1, 0.15) is 21.1 Å². The van der Waals surface area contributed by atoms with E-state index in [1.54, 1.807) is 17.5 Å². The third kappa shape index (κ3) is 3.86. The number of para-hydroxylation sites is 2. The monoisotopic (exact) mass is 399 g/mol. The molecule has 1 N–H and O–H groups in total. The number of hydrogen-bond donors (Lipinski definition) is 1. The average Bonchev–Trinajstić information content (AvgIpc) is 3.29. The van der Waals surface area contributed by atoms with Gasteiger partial charge in [-0.25, -0.2) is 14.4 Å². The number of benzene rings is 2. The minimum atomic E-state index is -0.483. The van der Waals surface area contributed by atoms with Crippen molar-refractivity contribution in [1.82, 2.24) is 9.97 Å². The molecule has 2 heterocycles. The van der Waals surface area contributed by atoms with E-state index in [1.165, 1.54) is 35.2 Å². The Morgan fingerprint density at radius 1 is 1.22 bits per heavy atom. The van der Waals surface area contributed by atoms with Gasteiger partial charge in [-0.15, -0.1) is 11.3 Å². The van der Waals surface area contributed by atoms with Crippen LogP contribution in [0.3, 0.4) is 0 Å². The molecule has 0 radical (unpaired) electrons. The van der Waals surface area contributed by atoms with Gasteiger partial charge in [-0.3, -0.25) is 4.79 Å². The first kappa shape index (κ1) is 17.7. The summed E-state index contributed by atoms with van der Waals surface area (Å²) in [4.78, 5) is 21.0. The normalized spacial score (nSPS) is 11.0.